The van der Waals surface area contributed by atoms with Gasteiger partial charge in [0.05, 0.1) is 5.52 Å². The Morgan fingerprint density at radius 3 is 2.93 bits per heavy atom. The van der Waals surface area contributed by atoms with Crippen LogP contribution in [0.3, 0.4) is 0 Å². The fourth-order valence-corrected chi connectivity index (χ4v) is 3.74. The molecule has 0 radical (unpaired) electrons. The zero-order valence-corrected chi connectivity index (χ0v) is 15.2. The zero-order chi connectivity index (χ0) is 18.4. The highest BCUT2D eigenvalue weighted by Gasteiger charge is 2.22. The van der Waals surface area contributed by atoms with Crippen LogP contribution in [0.25, 0.3) is 16.6 Å². The van der Waals surface area contributed by atoms with Gasteiger partial charge in [0.1, 0.15) is 5.82 Å². The molecule has 1 aliphatic rings. The van der Waals surface area contributed by atoms with Crippen LogP contribution in [0.4, 0.5) is 5.82 Å². The average molecular weight is 359 g/mol. The third-order valence-electron chi connectivity index (χ3n) is 5.34. The minimum absolute atomic E-state index is 0.0631. The predicted octanol–water partition coefficient (Wildman–Crippen LogP) is 2.36. The van der Waals surface area contributed by atoms with E-state index < -0.39 is 0 Å². The highest BCUT2D eigenvalue weighted by atomic mass is 15.4. The van der Waals surface area contributed by atoms with Crippen molar-refractivity contribution in [2.24, 2.45) is 5.73 Å². The lowest BCUT2D eigenvalue weighted by molar-refractivity contribution is 0.736. The van der Waals surface area contributed by atoms with Gasteiger partial charge in [-0.3, -0.25) is 4.98 Å². The molecule has 1 aromatic carbocycles. The molecule has 1 fully saturated rings. The Hall–Kier alpha value is -3.06. The van der Waals surface area contributed by atoms with E-state index in [-0.39, 0.29) is 12.0 Å². The second-order valence-electron chi connectivity index (χ2n) is 7.19. The largest absolute Gasteiger partial charge is 0.354 e. The number of nitrogens with two attached hydrogens (primary N) is 1. The van der Waals surface area contributed by atoms with Crippen molar-refractivity contribution in [3.63, 3.8) is 0 Å². The summed E-state index contributed by atoms with van der Waals surface area (Å²) in [5.74, 6) is 1.82. The maximum absolute atomic E-state index is 6.05. The number of aromatic nitrogens is 5. The van der Waals surface area contributed by atoms with Crippen LogP contribution < -0.4 is 10.6 Å². The SMILES string of the molecule is CC(c1ccc2ncccc2c1)c1nnc2ccc(N3CCC(N)C3)nn12. The summed E-state index contributed by atoms with van der Waals surface area (Å²) in [4.78, 5) is 6.62. The lowest BCUT2D eigenvalue weighted by Crippen LogP contribution is -2.27. The van der Waals surface area contributed by atoms with Crippen LogP contribution in [0, 0.1) is 0 Å². The summed E-state index contributed by atoms with van der Waals surface area (Å²) in [5, 5.41) is 14.7. The summed E-state index contributed by atoms with van der Waals surface area (Å²) in [7, 11) is 0. The monoisotopic (exact) mass is 359 g/mol. The van der Waals surface area contributed by atoms with E-state index >= 15 is 0 Å². The van der Waals surface area contributed by atoms with Crippen LogP contribution in [0.5, 0.6) is 0 Å². The highest BCUT2D eigenvalue weighted by molar-refractivity contribution is 5.79. The van der Waals surface area contributed by atoms with Crippen molar-refractivity contribution in [3.8, 4) is 0 Å². The summed E-state index contributed by atoms with van der Waals surface area (Å²) in [5.41, 5.74) is 8.96. The molecule has 5 rings (SSSR count). The molecule has 0 bridgehead atoms. The number of anilines is 1. The number of benzene rings is 1. The molecule has 7 heteroatoms. The van der Waals surface area contributed by atoms with Crippen LogP contribution in [-0.4, -0.2) is 43.9 Å². The van der Waals surface area contributed by atoms with Crippen molar-refractivity contribution in [3.05, 3.63) is 60.0 Å². The molecular formula is C20H21N7. The number of rotatable bonds is 3. The molecular weight excluding hydrogens is 338 g/mol. The maximum Gasteiger partial charge on any atom is 0.178 e. The van der Waals surface area contributed by atoms with E-state index in [4.69, 9.17) is 10.8 Å². The Labute approximate surface area is 156 Å². The van der Waals surface area contributed by atoms with Gasteiger partial charge in [-0.2, -0.15) is 4.52 Å². The fourth-order valence-electron chi connectivity index (χ4n) is 3.74. The number of pyridine rings is 1. The van der Waals surface area contributed by atoms with Crippen molar-refractivity contribution in [1.82, 2.24) is 24.8 Å². The van der Waals surface area contributed by atoms with Gasteiger partial charge >= 0.3 is 0 Å². The van der Waals surface area contributed by atoms with Gasteiger partial charge in [-0.15, -0.1) is 15.3 Å². The van der Waals surface area contributed by atoms with E-state index in [9.17, 15) is 0 Å². The van der Waals surface area contributed by atoms with Crippen molar-refractivity contribution in [2.75, 3.05) is 18.0 Å². The molecule has 0 amide bonds. The predicted molar refractivity (Wildman–Crippen MR) is 105 cm³/mol. The molecule has 0 spiro atoms. The lowest BCUT2D eigenvalue weighted by Gasteiger charge is -2.17. The topological polar surface area (TPSA) is 85.2 Å². The van der Waals surface area contributed by atoms with E-state index in [2.05, 4.69) is 51.3 Å². The van der Waals surface area contributed by atoms with Gasteiger partial charge in [0.2, 0.25) is 0 Å². The zero-order valence-electron chi connectivity index (χ0n) is 15.2. The lowest BCUT2D eigenvalue weighted by atomic mass is 9.98. The number of fused-ring (bicyclic) bond motifs is 2. The molecule has 136 valence electrons. The molecule has 7 nitrogen and oxygen atoms in total. The quantitative estimate of drug-likeness (QED) is 0.604. The van der Waals surface area contributed by atoms with Gasteiger partial charge in [-0.1, -0.05) is 19.1 Å². The third-order valence-corrected chi connectivity index (χ3v) is 5.34. The Bertz CT molecular complexity index is 1120. The normalized spacial score (nSPS) is 18.4. The van der Waals surface area contributed by atoms with Crippen LogP contribution >= 0.6 is 0 Å². The van der Waals surface area contributed by atoms with Crippen LogP contribution in [-0.2, 0) is 0 Å². The number of hydrogen-bond acceptors (Lipinski definition) is 6. The summed E-state index contributed by atoms with van der Waals surface area (Å²) >= 11 is 0. The summed E-state index contributed by atoms with van der Waals surface area (Å²) in [6, 6.07) is 14.5. The summed E-state index contributed by atoms with van der Waals surface area (Å²) in [6.07, 6.45) is 2.81. The van der Waals surface area contributed by atoms with E-state index in [1.165, 1.54) is 5.56 Å². The van der Waals surface area contributed by atoms with E-state index in [0.29, 0.717) is 0 Å². The first kappa shape index (κ1) is 16.1. The molecule has 2 atom stereocenters. The minimum atomic E-state index is 0.0631. The van der Waals surface area contributed by atoms with Gasteiger partial charge in [0.25, 0.3) is 0 Å². The Morgan fingerprint density at radius 1 is 1.15 bits per heavy atom. The molecule has 4 aromatic rings. The van der Waals surface area contributed by atoms with Crippen LogP contribution in [0.2, 0.25) is 0 Å². The molecule has 0 saturated carbocycles. The standard InChI is InChI=1S/C20H21N7/c1-13(14-4-5-17-15(11-14)3-2-9-22-17)20-24-23-18-6-7-19(25-27(18)20)26-10-8-16(21)12-26/h2-7,9,11,13,16H,8,10,12,21H2,1H3. The van der Waals surface area contributed by atoms with Crippen molar-refractivity contribution in [2.45, 2.75) is 25.3 Å². The molecule has 1 saturated heterocycles. The van der Waals surface area contributed by atoms with Gasteiger partial charge in [0, 0.05) is 36.6 Å². The smallest absolute Gasteiger partial charge is 0.178 e. The molecule has 0 aliphatic carbocycles. The van der Waals surface area contributed by atoms with E-state index in [1.54, 1.807) is 0 Å². The second kappa shape index (κ2) is 6.28. The highest BCUT2D eigenvalue weighted by Crippen LogP contribution is 2.26. The first-order valence-corrected chi connectivity index (χ1v) is 9.26. The third kappa shape index (κ3) is 2.80. The summed E-state index contributed by atoms with van der Waals surface area (Å²) in [6.45, 7) is 3.90. The van der Waals surface area contributed by atoms with Crippen molar-refractivity contribution < 1.29 is 0 Å². The number of nitrogens with zero attached hydrogens (tertiary/aromatic N) is 6. The first-order valence-electron chi connectivity index (χ1n) is 9.26. The van der Waals surface area contributed by atoms with Crippen molar-refractivity contribution >= 4 is 22.4 Å². The minimum Gasteiger partial charge on any atom is -0.354 e. The van der Waals surface area contributed by atoms with E-state index in [1.807, 2.05) is 28.9 Å². The Balaban J connectivity index is 1.54. The first-order chi connectivity index (χ1) is 13.2. The fraction of sp³-hybridized carbons (Fsp3) is 0.300. The molecule has 4 heterocycles. The van der Waals surface area contributed by atoms with Gasteiger partial charge in [0.15, 0.2) is 11.5 Å². The second-order valence-corrected chi connectivity index (χ2v) is 7.19. The average Bonchev–Trinajstić information content (AvgIpc) is 3.32. The van der Waals surface area contributed by atoms with Crippen LogP contribution in [0.15, 0.2) is 48.7 Å². The maximum atomic E-state index is 6.05. The van der Waals surface area contributed by atoms with Gasteiger partial charge in [-0.05, 0) is 42.3 Å². The van der Waals surface area contributed by atoms with Gasteiger partial charge in [-0.25, -0.2) is 0 Å². The Morgan fingerprint density at radius 2 is 2.07 bits per heavy atom. The Kier molecular flexibility index (Phi) is 3.75. The molecule has 2 N–H and O–H groups in total. The molecule has 27 heavy (non-hydrogen) atoms. The summed E-state index contributed by atoms with van der Waals surface area (Å²) < 4.78 is 1.86. The van der Waals surface area contributed by atoms with Gasteiger partial charge < -0.3 is 10.6 Å². The molecule has 3 aromatic heterocycles. The molecule has 1 aliphatic heterocycles. The van der Waals surface area contributed by atoms with Crippen LogP contribution in [0.1, 0.15) is 30.7 Å². The number of hydrogen-bond donors (Lipinski definition) is 1. The van der Waals surface area contributed by atoms with E-state index in [0.717, 1.165) is 47.7 Å². The molecule has 2 unspecified atom stereocenters. The van der Waals surface area contributed by atoms with Crippen molar-refractivity contribution in [1.29, 1.82) is 0 Å².